The van der Waals surface area contributed by atoms with Gasteiger partial charge in [-0.25, -0.2) is 4.68 Å². The van der Waals surface area contributed by atoms with Crippen LogP contribution in [0.5, 0.6) is 0 Å². The molecule has 2 aliphatic rings. The second kappa shape index (κ2) is 8.71. The van der Waals surface area contributed by atoms with Gasteiger partial charge in [0.25, 0.3) is 11.4 Å². The van der Waals surface area contributed by atoms with E-state index >= 15 is 0 Å². The smallest absolute Gasteiger partial charge is 0.269 e. The maximum Gasteiger partial charge on any atom is 0.269 e. The average Bonchev–Trinajstić information content (AvgIpc) is 3.24. The van der Waals surface area contributed by atoms with Crippen LogP contribution in [0.25, 0.3) is 0 Å². The molecule has 12 heteroatoms. The van der Waals surface area contributed by atoms with Crippen LogP contribution >= 0.6 is 11.8 Å². The summed E-state index contributed by atoms with van der Waals surface area (Å²) in [4.78, 5) is 38.8. The molecule has 3 aromatic rings. The molecule has 172 valence electrons. The van der Waals surface area contributed by atoms with Gasteiger partial charge in [-0.05, 0) is 24.0 Å². The van der Waals surface area contributed by atoms with Gasteiger partial charge < -0.3 is 5.32 Å². The second-order valence-corrected chi connectivity index (χ2v) is 8.87. The number of fused-ring (bicyclic) bond motifs is 1. The fourth-order valence-electron chi connectivity index (χ4n) is 4.18. The van der Waals surface area contributed by atoms with Crippen molar-refractivity contribution in [3.8, 4) is 0 Å². The monoisotopic (exact) mass is 478 g/mol. The Hall–Kier alpha value is -4.06. The van der Waals surface area contributed by atoms with Crippen LogP contribution in [-0.4, -0.2) is 30.4 Å². The highest BCUT2D eigenvalue weighted by molar-refractivity contribution is 7.98. The highest BCUT2D eigenvalue weighted by atomic mass is 32.2. The van der Waals surface area contributed by atoms with Crippen molar-refractivity contribution < 1.29 is 14.6 Å². The molecule has 0 saturated carbocycles. The number of carbonyl (C=O) groups is 1. The summed E-state index contributed by atoms with van der Waals surface area (Å²) >= 11 is 1.36. The molecule has 0 fully saturated rings. The van der Waals surface area contributed by atoms with E-state index < -0.39 is 15.9 Å². The van der Waals surface area contributed by atoms with Gasteiger partial charge in [-0.1, -0.05) is 36.0 Å². The molecule has 1 aliphatic heterocycles. The lowest BCUT2D eigenvalue weighted by atomic mass is 9.85. The van der Waals surface area contributed by atoms with Gasteiger partial charge in [0.05, 0.1) is 9.85 Å². The van der Waals surface area contributed by atoms with Crippen LogP contribution in [-0.2, 0) is 10.5 Å². The van der Waals surface area contributed by atoms with Crippen LogP contribution in [0.3, 0.4) is 0 Å². The maximum atomic E-state index is 12.9. The van der Waals surface area contributed by atoms with Gasteiger partial charge in [0.2, 0.25) is 11.1 Å². The predicted molar refractivity (Wildman–Crippen MR) is 123 cm³/mol. The lowest BCUT2D eigenvalue weighted by molar-refractivity contribution is -0.385. The van der Waals surface area contributed by atoms with Crippen molar-refractivity contribution in [1.29, 1.82) is 0 Å². The lowest BCUT2D eigenvalue weighted by Crippen LogP contribution is -2.31. The third-order valence-corrected chi connectivity index (χ3v) is 6.67. The van der Waals surface area contributed by atoms with E-state index in [1.165, 1.54) is 36.0 Å². The summed E-state index contributed by atoms with van der Waals surface area (Å²) < 4.78 is 1.61. The fourth-order valence-corrected chi connectivity index (χ4v) is 4.96. The molecule has 0 bridgehead atoms. The van der Waals surface area contributed by atoms with Crippen LogP contribution < -0.4 is 5.32 Å². The van der Waals surface area contributed by atoms with E-state index in [9.17, 15) is 25.0 Å². The van der Waals surface area contributed by atoms with Gasteiger partial charge in [-0.15, -0.1) is 5.10 Å². The molecule has 0 saturated heterocycles. The number of ketones is 1. The number of non-ortho nitro benzene ring substituents is 2. The number of nitro groups is 2. The number of Topliss-reactive ketones (excluding diaryl/α,β-unsaturated/α-hetero) is 1. The topological polar surface area (TPSA) is 146 Å². The zero-order valence-electron chi connectivity index (χ0n) is 17.7. The Labute approximate surface area is 197 Å². The van der Waals surface area contributed by atoms with E-state index in [1.54, 1.807) is 28.9 Å². The Bertz CT molecular complexity index is 1350. The summed E-state index contributed by atoms with van der Waals surface area (Å²) in [6, 6.07) is 11.9. The van der Waals surface area contributed by atoms with E-state index in [2.05, 4.69) is 15.4 Å². The van der Waals surface area contributed by atoms with E-state index in [0.717, 1.165) is 17.7 Å². The van der Waals surface area contributed by atoms with Gasteiger partial charge in [-0.2, -0.15) is 4.98 Å². The van der Waals surface area contributed by atoms with E-state index in [1.807, 2.05) is 0 Å². The molecule has 0 spiro atoms. The van der Waals surface area contributed by atoms with Gasteiger partial charge in [0.1, 0.15) is 6.04 Å². The minimum absolute atomic E-state index is 0.00788. The minimum atomic E-state index is -0.611. The van der Waals surface area contributed by atoms with Crippen molar-refractivity contribution in [1.82, 2.24) is 14.8 Å². The predicted octanol–water partition coefficient (Wildman–Crippen LogP) is 4.41. The first-order valence-electron chi connectivity index (χ1n) is 10.5. The normalized spacial score (nSPS) is 17.1. The van der Waals surface area contributed by atoms with Gasteiger partial charge in [0, 0.05) is 47.7 Å². The highest BCUT2D eigenvalue weighted by Crippen LogP contribution is 2.41. The van der Waals surface area contributed by atoms with Gasteiger partial charge in [-0.3, -0.25) is 25.0 Å². The molecular weight excluding hydrogens is 460 g/mol. The Morgan fingerprint density at radius 3 is 2.56 bits per heavy atom. The van der Waals surface area contributed by atoms with Crippen LogP contribution in [0.1, 0.15) is 36.4 Å². The van der Waals surface area contributed by atoms with E-state index in [-0.39, 0.29) is 17.2 Å². The second-order valence-electron chi connectivity index (χ2n) is 7.92. The summed E-state index contributed by atoms with van der Waals surface area (Å²) in [5.74, 6) is 0.956. The summed E-state index contributed by atoms with van der Waals surface area (Å²) in [6.45, 7) is 0. The van der Waals surface area contributed by atoms with Crippen molar-refractivity contribution in [3.63, 3.8) is 0 Å². The third-order valence-electron chi connectivity index (χ3n) is 5.76. The average molecular weight is 478 g/mol. The molecule has 1 aromatic heterocycles. The zero-order chi connectivity index (χ0) is 23.8. The molecule has 1 aliphatic carbocycles. The maximum absolute atomic E-state index is 12.9. The van der Waals surface area contributed by atoms with Crippen molar-refractivity contribution in [2.75, 3.05) is 5.32 Å². The Morgan fingerprint density at radius 1 is 1.06 bits per heavy atom. The van der Waals surface area contributed by atoms with E-state index in [4.69, 9.17) is 0 Å². The molecule has 2 aromatic carbocycles. The zero-order valence-corrected chi connectivity index (χ0v) is 18.5. The Kier molecular flexibility index (Phi) is 5.57. The van der Waals surface area contributed by atoms with Crippen LogP contribution in [0.2, 0.25) is 0 Å². The molecule has 0 amide bonds. The fraction of sp³-hybridized carbons (Fsp3) is 0.227. The summed E-state index contributed by atoms with van der Waals surface area (Å²) in [7, 11) is 0. The van der Waals surface area contributed by atoms with Gasteiger partial charge >= 0.3 is 0 Å². The van der Waals surface area contributed by atoms with Crippen LogP contribution in [0, 0.1) is 20.2 Å². The molecule has 2 heterocycles. The molecule has 34 heavy (non-hydrogen) atoms. The standard InChI is InChI=1S/C22H18N6O5S/c29-18-6-2-5-17-19(18)20(14-3-1-4-16(11-14)28(32)33)26-21(23-17)24-22(25-26)34-12-13-7-9-15(10-8-13)27(30)31/h1,3-4,7-11,20H,2,5-6,12H2,(H,23,24,25)/t20-/m0/s1. The first-order valence-corrected chi connectivity index (χ1v) is 11.5. The number of thioether (sulfide) groups is 1. The highest BCUT2D eigenvalue weighted by Gasteiger charge is 2.37. The summed E-state index contributed by atoms with van der Waals surface area (Å²) in [5.41, 5.74) is 2.77. The van der Waals surface area contributed by atoms with Crippen molar-refractivity contribution in [3.05, 3.63) is 91.2 Å². The number of aromatic nitrogens is 3. The summed E-state index contributed by atoms with van der Waals surface area (Å²) in [5, 5.41) is 30.5. The quantitative estimate of drug-likeness (QED) is 0.309. The van der Waals surface area contributed by atoms with Crippen LogP contribution in [0.15, 0.2) is 65.0 Å². The molecule has 0 radical (unpaired) electrons. The molecule has 5 rings (SSSR count). The number of nitrogens with zero attached hydrogens (tertiary/aromatic N) is 5. The van der Waals surface area contributed by atoms with Crippen molar-refractivity contribution >= 4 is 34.9 Å². The Morgan fingerprint density at radius 2 is 1.82 bits per heavy atom. The number of hydrogen-bond donors (Lipinski definition) is 1. The first kappa shape index (κ1) is 21.8. The number of allylic oxidation sites excluding steroid dienone is 2. The van der Waals surface area contributed by atoms with Crippen molar-refractivity contribution in [2.45, 2.75) is 36.2 Å². The molecular formula is C22H18N6O5S. The third kappa shape index (κ3) is 4.03. The first-order chi connectivity index (χ1) is 16.4. The van der Waals surface area contributed by atoms with Crippen molar-refractivity contribution in [2.24, 2.45) is 0 Å². The molecule has 1 atom stereocenters. The molecule has 1 N–H and O–H groups in total. The number of hydrogen-bond acceptors (Lipinski definition) is 9. The minimum Gasteiger partial charge on any atom is -0.328 e. The molecule has 0 unspecified atom stereocenters. The van der Waals surface area contributed by atoms with Gasteiger partial charge in [0.15, 0.2) is 5.78 Å². The molecule has 11 nitrogen and oxygen atoms in total. The number of rotatable bonds is 6. The number of anilines is 1. The number of nitro benzene ring substituents is 2. The Balaban J connectivity index is 1.48. The number of carbonyl (C=O) groups excluding carboxylic acids is 1. The van der Waals surface area contributed by atoms with E-state index in [0.29, 0.717) is 40.8 Å². The van der Waals surface area contributed by atoms with Crippen LogP contribution in [0.4, 0.5) is 17.3 Å². The lowest BCUT2D eigenvalue weighted by Gasteiger charge is -2.32. The number of benzene rings is 2. The largest absolute Gasteiger partial charge is 0.328 e. The summed E-state index contributed by atoms with van der Waals surface area (Å²) in [6.07, 6.45) is 1.82. The SMILES string of the molecule is O=C1CCCC2=C1[C@H](c1cccc([N+](=O)[O-])c1)n1nc(SCc3ccc([N+](=O)[O-])cc3)nc1N2. The number of nitrogens with one attached hydrogen (secondary N) is 1.